The van der Waals surface area contributed by atoms with Crippen LogP contribution in [0.25, 0.3) is 0 Å². The van der Waals surface area contributed by atoms with E-state index in [0.29, 0.717) is 5.56 Å². The van der Waals surface area contributed by atoms with Gasteiger partial charge in [-0.1, -0.05) is 6.07 Å². The lowest BCUT2D eigenvalue weighted by atomic mass is 10.2. The van der Waals surface area contributed by atoms with E-state index in [-0.39, 0.29) is 5.97 Å². The molecule has 92 valence electrons. The highest BCUT2D eigenvalue weighted by Crippen LogP contribution is 2.14. The Bertz CT molecular complexity index is 585. The van der Waals surface area contributed by atoms with Gasteiger partial charge in [0.05, 0.1) is 18.4 Å². The van der Waals surface area contributed by atoms with Gasteiger partial charge in [-0.15, -0.1) is 0 Å². The Hall–Kier alpha value is -2.36. The average molecular weight is 242 g/mol. The van der Waals surface area contributed by atoms with E-state index in [2.05, 4.69) is 9.73 Å². The highest BCUT2D eigenvalue weighted by molar-refractivity contribution is 5.90. The Morgan fingerprint density at radius 1 is 1.39 bits per heavy atom. The van der Waals surface area contributed by atoms with E-state index in [0.717, 1.165) is 11.3 Å². The molecule has 1 aromatic carbocycles. The molecular weight excluding hydrogens is 228 g/mol. The zero-order chi connectivity index (χ0) is 13.0. The fourth-order valence-electron chi connectivity index (χ4n) is 1.58. The lowest BCUT2D eigenvalue weighted by Gasteiger charge is -1.99. The third-order valence-electron chi connectivity index (χ3n) is 2.48. The molecule has 0 bridgehead atoms. The van der Waals surface area contributed by atoms with Crippen LogP contribution < -0.4 is 0 Å². The normalized spacial score (nSPS) is 10.8. The molecule has 0 saturated carbocycles. The molecule has 0 aliphatic carbocycles. The van der Waals surface area contributed by atoms with Crippen LogP contribution in [-0.4, -0.2) is 23.9 Å². The molecule has 0 atom stereocenters. The molecular formula is C14H14N2O2. The Kier molecular flexibility index (Phi) is 3.57. The SMILES string of the molecule is COC(=O)c1cccc(N=Cc2ccn(C)c2)c1. The minimum Gasteiger partial charge on any atom is -0.465 e. The van der Waals surface area contributed by atoms with Gasteiger partial charge < -0.3 is 9.30 Å². The van der Waals surface area contributed by atoms with Crippen LogP contribution in [0.1, 0.15) is 15.9 Å². The Morgan fingerprint density at radius 2 is 2.22 bits per heavy atom. The van der Waals surface area contributed by atoms with Crippen LogP contribution in [0.4, 0.5) is 5.69 Å². The second-order valence-corrected chi connectivity index (χ2v) is 3.91. The second-order valence-electron chi connectivity index (χ2n) is 3.91. The molecule has 0 N–H and O–H groups in total. The molecule has 0 amide bonds. The highest BCUT2D eigenvalue weighted by atomic mass is 16.5. The van der Waals surface area contributed by atoms with E-state index in [4.69, 9.17) is 0 Å². The summed E-state index contributed by atoms with van der Waals surface area (Å²) in [6.45, 7) is 0. The summed E-state index contributed by atoms with van der Waals surface area (Å²) in [5, 5.41) is 0. The van der Waals surface area contributed by atoms with Gasteiger partial charge >= 0.3 is 5.97 Å². The first-order chi connectivity index (χ1) is 8.69. The quantitative estimate of drug-likeness (QED) is 0.613. The van der Waals surface area contributed by atoms with Crippen LogP contribution in [0.2, 0.25) is 0 Å². The number of carbonyl (C=O) groups excluding carboxylic acids is 1. The number of methoxy groups -OCH3 is 1. The Labute approximate surface area is 106 Å². The van der Waals surface area contributed by atoms with Crippen molar-refractivity contribution in [1.82, 2.24) is 4.57 Å². The van der Waals surface area contributed by atoms with E-state index < -0.39 is 0 Å². The third-order valence-corrected chi connectivity index (χ3v) is 2.48. The molecule has 0 radical (unpaired) electrons. The molecule has 0 aliphatic heterocycles. The molecule has 18 heavy (non-hydrogen) atoms. The van der Waals surface area contributed by atoms with Crippen molar-refractivity contribution in [3.05, 3.63) is 53.9 Å². The van der Waals surface area contributed by atoms with Crippen molar-refractivity contribution in [1.29, 1.82) is 0 Å². The predicted molar refractivity (Wildman–Crippen MR) is 70.4 cm³/mol. The van der Waals surface area contributed by atoms with Gasteiger partial charge in [-0.2, -0.15) is 0 Å². The first-order valence-corrected chi connectivity index (χ1v) is 5.53. The van der Waals surface area contributed by atoms with Gasteiger partial charge in [0, 0.05) is 31.2 Å². The Morgan fingerprint density at radius 3 is 2.89 bits per heavy atom. The second kappa shape index (κ2) is 5.31. The number of benzene rings is 1. The molecule has 2 aromatic rings. The number of carbonyl (C=O) groups is 1. The minimum atomic E-state index is -0.355. The lowest BCUT2D eigenvalue weighted by Crippen LogP contribution is -1.99. The molecule has 0 spiro atoms. The van der Waals surface area contributed by atoms with Gasteiger partial charge in [-0.05, 0) is 24.3 Å². The van der Waals surface area contributed by atoms with Crippen molar-refractivity contribution in [3.63, 3.8) is 0 Å². The molecule has 1 heterocycles. The number of hydrogen-bond donors (Lipinski definition) is 0. The molecule has 0 saturated heterocycles. The van der Waals surface area contributed by atoms with Crippen LogP contribution in [0, 0.1) is 0 Å². The number of aromatic nitrogens is 1. The van der Waals surface area contributed by atoms with E-state index in [1.54, 1.807) is 24.4 Å². The van der Waals surface area contributed by atoms with E-state index in [1.165, 1.54) is 7.11 Å². The van der Waals surface area contributed by atoms with Crippen molar-refractivity contribution < 1.29 is 9.53 Å². The summed E-state index contributed by atoms with van der Waals surface area (Å²) in [7, 11) is 3.32. The molecule has 1 aromatic heterocycles. The van der Waals surface area contributed by atoms with Crippen LogP contribution in [0.5, 0.6) is 0 Å². The highest BCUT2D eigenvalue weighted by Gasteiger charge is 2.04. The summed E-state index contributed by atoms with van der Waals surface area (Å²) in [4.78, 5) is 15.7. The minimum absolute atomic E-state index is 0.355. The first kappa shape index (κ1) is 12.1. The van der Waals surface area contributed by atoms with Crippen LogP contribution in [0.15, 0.2) is 47.7 Å². The fourth-order valence-corrected chi connectivity index (χ4v) is 1.58. The zero-order valence-corrected chi connectivity index (χ0v) is 10.3. The van der Waals surface area contributed by atoms with E-state index in [1.807, 2.05) is 36.1 Å². The van der Waals surface area contributed by atoms with Gasteiger partial charge in [-0.25, -0.2) is 4.79 Å². The van der Waals surface area contributed by atoms with Gasteiger partial charge in [-0.3, -0.25) is 4.99 Å². The monoisotopic (exact) mass is 242 g/mol. The standard InChI is InChI=1S/C14H14N2O2/c1-16-7-6-11(10-16)9-15-13-5-3-4-12(8-13)14(17)18-2/h3-10H,1-2H3. The predicted octanol–water partition coefficient (Wildman–Crippen LogP) is 2.56. The van der Waals surface area contributed by atoms with Crippen LogP contribution in [-0.2, 0) is 11.8 Å². The molecule has 4 nitrogen and oxygen atoms in total. The van der Waals surface area contributed by atoms with E-state index >= 15 is 0 Å². The molecule has 4 heteroatoms. The largest absolute Gasteiger partial charge is 0.465 e. The number of esters is 1. The number of rotatable bonds is 3. The van der Waals surface area contributed by atoms with Gasteiger partial charge in [0.2, 0.25) is 0 Å². The van der Waals surface area contributed by atoms with Crippen molar-refractivity contribution in [2.75, 3.05) is 7.11 Å². The number of hydrogen-bond acceptors (Lipinski definition) is 3. The number of nitrogens with zero attached hydrogens (tertiary/aromatic N) is 2. The Balaban J connectivity index is 2.19. The van der Waals surface area contributed by atoms with E-state index in [9.17, 15) is 4.79 Å². The lowest BCUT2D eigenvalue weighted by molar-refractivity contribution is 0.0601. The maximum atomic E-state index is 11.4. The van der Waals surface area contributed by atoms with Crippen LogP contribution >= 0.6 is 0 Å². The van der Waals surface area contributed by atoms with Crippen molar-refractivity contribution >= 4 is 17.9 Å². The average Bonchev–Trinajstić information content (AvgIpc) is 2.81. The van der Waals surface area contributed by atoms with Gasteiger partial charge in [0.1, 0.15) is 0 Å². The zero-order valence-electron chi connectivity index (χ0n) is 10.3. The summed E-state index contributed by atoms with van der Waals surface area (Å²) in [5.41, 5.74) is 2.24. The summed E-state index contributed by atoms with van der Waals surface area (Å²) < 4.78 is 6.61. The maximum absolute atomic E-state index is 11.4. The summed E-state index contributed by atoms with van der Waals surface area (Å²) >= 11 is 0. The van der Waals surface area contributed by atoms with Crippen molar-refractivity contribution in [2.45, 2.75) is 0 Å². The molecule has 2 rings (SSSR count). The third kappa shape index (κ3) is 2.85. The van der Waals surface area contributed by atoms with Gasteiger partial charge in [0.15, 0.2) is 0 Å². The summed E-state index contributed by atoms with van der Waals surface area (Å²) in [6, 6.07) is 8.99. The molecule has 0 aliphatic rings. The van der Waals surface area contributed by atoms with Gasteiger partial charge in [0.25, 0.3) is 0 Å². The number of aliphatic imine (C=N–C) groups is 1. The smallest absolute Gasteiger partial charge is 0.337 e. The summed E-state index contributed by atoms with van der Waals surface area (Å²) in [5.74, 6) is -0.355. The first-order valence-electron chi connectivity index (χ1n) is 5.53. The van der Waals surface area contributed by atoms with Crippen molar-refractivity contribution in [2.24, 2.45) is 12.0 Å². The van der Waals surface area contributed by atoms with Crippen LogP contribution in [0.3, 0.4) is 0 Å². The van der Waals surface area contributed by atoms with Crippen molar-refractivity contribution in [3.8, 4) is 0 Å². The topological polar surface area (TPSA) is 43.6 Å². The maximum Gasteiger partial charge on any atom is 0.337 e. The number of ether oxygens (including phenoxy) is 1. The molecule has 0 fully saturated rings. The number of aryl methyl sites for hydroxylation is 1. The molecule has 0 unspecified atom stereocenters. The fraction of sp³-hybridized carbons (Fsp3) is 0.143. The summed E-state index contributed by atoms with van der Waals surface area (Å²) in [6.07, 6.45) is 5.68.